The minimum atomic E-state index is -1.01. The number of benzene rings is 1. The average Bonchev–Trinajstić information content (AvgIpc) is 3.38. The summed E-state index contributed by atoms with van der Waals surface area (Å²) in [4.78, 5) is 23.8. The molecule has 0 saturated heterocycles. The third kappa shape index (κ3) is 3.94. The number of nitrogens with one attached hydrogen (secondary N) is 1. The van der Waals surface area contributed by atoms with Crippen molar-refractivity contribution in [1.29, 1.82) is 0 Å². The standard InChI is InChI=1S/C19H24FNO3/c20-14-8-6-13(7-9-14)17(19(23)24)11-21-18(22)16-10-15(16)12-4-2-1-3-5-12/h6-9,12,15-17H,1-5,10-11H2,(H,21,22)(H,23,24). The van der Waals surface area contributed by atoms with E-state index in [0.717, 1.165) is 6.42 Å². The first-order chi connectivity index (χ1) is 11.6. The van der Waals surface area contributed by atoms with Crippen LogP contribution in [0.3, 0.4) is 0 Å². The largest absolute Gasteiger partial charge is 0.481 e. The van der Waals surface area contributed by atoms with Gasteiger partial charge >= 0.3 is 5.97 Å². The number of hydrogen-bond donors (Lipinski definition) is 2. The van der Waals surface area contributed by atoms with Crippen LogP contribution in [0, 0.1) is 23.6 Å². The summed E-state index contributed by atoms with van der Waals surface area (Å²) in [6, 6.07) is 5.41. The molecule has 1 aromatic rings. The maximum atomic E-state index is 13.0. The Kier molecular flexibility index (Phi) is 5.17. The number of carboxylic acid groups (broad SMARTS) is 1. The molecular formula is C19H24FNO3. The van der Waals surface area contributed by atoms with Gasteiger partial charge in [0.1, 0.15) is 5.82 Å². The molecule has 2 fully saturated rings. The number of halogens is 1. The maximum Gasteiger partial charge on any atom is 0.312 e. The lowest BCUT2D eigenvalue weighted by molar-refractivity contribution is -0.138. The van der Waals surface area contributed by atoms with E-state index in [1.165, 1.54) is 56.4 Å². The van der Waals surface area contributed by atoms with Crippen molar-refractivity contribution < 1.29 is 19.1 Å². The molecule has 0 aromatic heterocycles. The second kappa shape index (κ2) is 7.32. The number of carbonyl (C=O) groups excluding carboxylic acids is 1. The van der Waals surface area contributed by atoms with Crippen LogP contribution < -0.4 is 5.32 Å². The molecule has 24 heavy (non-hydrogen) atoms. The molecule has 3 unspecified atom stereocenters. The summed E-state index contributed by atoms with van der Waals surface area (Å²) in [5, 5.41) is 12.2. The summed E-state index contributed by atoms with van der Waals surface area (Å²) in [5.41, 5.74) is 0.504. The first-order valence-corrected chi connectivity index (χ1v) is 8.82. The van der Waals surface area contributed by atoms with Crippen molar-refractivity contribution in [2.45, 2.75) is 44.4 Å². The third-order valence-corrected chi connectivity index (χ3v) is 5.48. The Bertz CT molecular complexity index is 595. The van der Waals surface area contributed by atoms with E-state index in [4.69, 9.17) is 0 Å². The van der Waals surface area contributed by atoms with Gasteiger partial charge in [0.05, 0.1) is 5.92 Å². The number of hydrogen-bond acceptors (Lipinski definition) is 2. The molecule has 2 N–H and O–H groups in total. The van der Waals surface area contributed by atoms with E-state index in [2.05, 4.69) is 5.32 Å². The number of carboxylic acids is 1. The first kappa shape index (κ1) is 16.9. The zero-order valence-electron chi connectivity index (χ0n) is 13.7. The fraction of sp³-hybridized carbons (Fsp3) is 0.579. The predicted octanol–water partition coefficient (Wildman–Crippen LogP) is 3.33. The Morgan fingerprint density at radius 2 is 1.83 bits per heavy atom. The van der Waals surface area contributed by atoms with Gasteiger partial charge in [-0.2, -0.15) is 0 Å². The normalized spacial score (nSPS) is 25.0. The second-order valence-electron chi connectivity index (χ2n) is 7.09. The summed E-state index contributed by atoms with van der Waals surface area (Å²) >= 11 is 0. The first-order valence-electron chi connectivity index (χ1n) is 8.82. The fourth-order valence-corrected chi connectivity index (χ4v) is 3.98. The van der Waals surface area contributed by atoms with Crippen molar-refractivity contribution in [3.8, 4) is 0 Å². The summed E-state index contributed by atoms with van der Waals surface area (Å²) < 4.78 is 13.0. The van der Waals surface area contributed by atoms with Crippen LogP contribution in [-0.4, -0.2) is 23.5 Å². The van der Waals surface area contributed by atoms with Crippen LogP contribution in [0.2, 0.25) is 0 Å². The molecular weight excluding hydrogens is 309 g/mol. The minimum absolute atomic E-state index is 0.0288. The van der Waals surface area contributed by atoms with Gasteiger partial charge in [-0.05, 0) is 36.0 Å². The van der Waals surface area contributed by atoms with Gasteiger partial charge in [0.2, 0.25) is 5.91 Å². The number of rotatable bonds is 6. The zero-order chi connectivity index (χ0) is 17.1. The van der Waals surface area contributed by atoms with E-state index < -0.39 is 17.7 Å². The highest BCUT2D eigenvalue weighted by molar-refractivity contribution is 5.83. The van der Waals surface area contributed by atoms with Gasteiger partial charge in [0.15, 0.2) is 0 Å². The fourth-order valence-electron chi connectivity index (χ4n) is 3.98. The molecule has 3 rings (SSSR count). The molecule has 1 aromatic carbocycles. The SMILES string of the molecule is O=C(O)C(CNC(=O)C1CC1C1CCCCC1)c1ccc(F)cc1. The molecule has 0 bridgehead atoms. The Balaban J connectivity index is 1.52. The molecule has 0 spiro atoms. The Hall–Kier alpha value is -1.91. The maximum absolute atomic E-state index is 13.0. The van der Waals surface area contributed by atoms with Crippen LogP contribution >= 0.6 is 0 Å². The topological polar surface area (TPSA) is 66.4 Å². The summed E-state index contributed by atoms with van der Waals surface area (Å²) in [5.74, 6) is -1.08. The lowest BCUT2D eigenvalue weighted by Gasteiger charge is -2.21. The monoisotopic (exact) mass is 333 g/mol. The molecule has 2 saturated carbocycles. The molecule has 0 heterocycles. The van der Waals surface area contributed by atoms with Gasteiger partial charge in [-0.3, -0.25) is 9.59 Å². The average molecular weight is 333 g/mol. The van der Waals surface area contributed by atoms with Gasteiger partial charge in [-0.25, -0.2) is 4.39 Å². The van der Waals surface area contributed by atoms with Crippen molar-refractivity contribution >= 4 is 11.9 Å². The van der Waals surface area contributed by atoms with Gasteiger partial charge in [-0.1, -0.05) is 44.2 Å². The third-order valence-electron chi connectivity index (χ3n) is 5.48. The molecule has 2 aliphatic rings. The number of aliphatic carboxylic acids is 1. The van der Waals surface area contributed by atoms with Crippen LogP contribution in [0.5, 0.6) is 0 Å². The van der Waals surface area contributed by atoms with E-state index in [9.17, 15) is 19.1 Å². The molecule has 2 aliphatic carbocycles. The molecule has 0 aliphatic heterocycles. The highest BCUT2D eigenvalue weighted by Crippen LogP contribution is 2.49. The Morgan fingerprint density at radius 1 is 1.17 bits per heavy atom. The number of amides is 1. The summed E-state index contributed by atoms with van der Waals surface area (Å²) in [6.45, 7) is 0.0493. The minimum Gasteiger partial charge on any atom is -0.481 e. The Morgan fingerprint density at radius 3 is 2.46 bits per heavy atom. The lowest BCUT2D eigenvalue weighted by Crippen LogP contribution is -2.33. The zero-order valence-corrected chi connectivity index (χ0v) is 13.7. The van der Waals surface area contributed by atoms with E-state index in [-0.39, 0.29) is 18.4 Å². The van der Waals surface area contributed by atoms with Crippen LogP contribution in [0.15, 0.2) is 24.3 Å². The van der Waals surface area contributed by atoms with Crippen molar-refractivity contribution in [1.82, 2.24) is 5.32 Å². The lowest BCUT2D eigenvalue weighted by atomic mass is 9.85. The quantitative estimate of drug-likeness (QED) is 0.839. The molecule has 1 amide bonds. The number of carbonyl (C=O) groups is 2. The molecule has 5 heteroatoms. The van der Waals surface area contributed by atoms with E-state index in [1.54, 1.807) is 0 Å². The van der Waals surface area contributed by atoms with E-state index in [0.29, 0.717) is 17.4 Å². The van der Waals surface area contributed by atoms with Crippen molar-refractivity contribution in [3.63, 3.8) is 0 Å². The molecule has 0 radical (unpaired) electrons. The Labute approximate surface area is 141 Å². The van der Waals surface area contributed by atoms with Gasteiger partial charge in [0, 0.05) is 12.5 Å². The van der Waals surface area contributed by atoms with Gasteiger partial charge < -0.3 is 10.4 Å². The van der Waals surface area contributed by atoms with Crippen molar-refractivity contribution in [2.24, 2.45) is 17.8 Å². The van der Waals surface area contributed by atoms with Crippen LogP contribution in [0.4, 0.5) is 4.39 Å². The second-order valence-corrected chi connectivity index (χ2v) is 7.09. The van der Waals surface area contributed by atoms with Crippen LogP contribution in [-0.2, 0) is 9.59 Å². The smallest absolute Gasteiger partial charge is 0.312 e. The van der Waals surface area contributed by atoms with Gasteiger partial charge in [-0.15, -0.1) is 0 Å². The van der Waals surface area contributed by atoms with Gasteiger partial charge in [0.25, 0.3) is 0 Å². The highest BCUT2D eigenvalue weighted by atomic mass is 19.1. The molecule has 4 nitrogen and oxygen atoms in total. The predicted molar refractivity (Wildman–Crippen MR) is 88.0 cm³/mol. The summed E-state index contributed by atoms with van der Waals surface area (Å²) in [7, 11) is 0. The van der Waals surface area contributed by atoms with Crippen LogP contribution in [0.25, 0.3) is 0 Å². The molecule has 3 atom stereocenters. The van der Waals surface area contributed by atoms with E-state index in [1.807, 2.05) is 0 Å². The van der Waals surface area contributed by atoms with Crippen LogP contribution in [0.1, 0.15) is 50.0 Å². The van der Waals surface area contributed by atoms with Crippen molar-refractivity contribution in [3.05, 3.63) is 35.6 Å². The van der Waals surface area contributed by atoms with Crippen molar-refractivity contribution in [2.75, 3.05) is 6.54 Å². The van der Waals surface area contributed by atoms with E-state index >= 15 is 0 Å². The molecule has 130 valence electrons. The highest BCUT2D eigenvalue weighted by Gasteiger charge is 2.47. The summed E-state index contributed by atoms with van der Waals surface area (Å²) in [6.07, 6.45) is 7.22.